The van der Waals surface area contributed by atoms with Gasteiger partial charge in [0.1, 0.15) is 0 Å². The first kappa shape index (κ1) is 10.4. The van der Waals surface area contributed by atoms with E-state index in [1.54, 1.807) is 0 Å². The van der Waals surface area contributed by atoms with Crippen LogP contribution in [0.5, 0.6) is 0 Å². The molecule has 2 fully saturated rings. The van der Waals surface area contributed by atoms with Crippen LogP contribution in [0.2, 0.25) is 0 Å². The van der Waals surface area contributed by atoms with Gasteiger partial charge in [-0.15, -0.1) is 0 Å². The lowest BCUT2D eigenvalue weighted by Gasteiger charge is -2.39. The summed E-state index contributed by atoms with van der Waals surface area (Å²) in [5.41, 5.74) is 6.70. The zero-order valence-corrected chi connectivity index (χ0v) is 9.63. The molecule has 1 aliphatic heterocycles. The van der Waals surface area contributed by atoms with Crippen molar-refractivity contribution in [3.63, 3.8) is 0 Å². The quantitative estimate of drug-likeness (QED) is 0.733. The predicted molar refractivity (Wildman–Crippen MR) is 60.3 cm³/mol. The van der Waals surface area contributed by atoms with Crippen molar-refractivity contribution in [3.8, 4) is 0 Å². The van der Waals surface area contributed by atoms with E-state index in [0.29, 0.717) is 12.1 Å². The van der Waals surface area contributed by atoms with Gasteiger partial charge in [0, 0.05) is 17.6 Å². The molecule has 1 unspecified atom stereocenters. The zero-order valence-electron chi connectivity index (χ0n) is 9.63. The van der Waals surface area contributed by atoms with Crippen molar-refractivity contribution >= 4 is 0 Å². The van der Waals surface area contributed by atoms with Crippen LogP contribution in [0.15, 0.2) is 0 Å². The third-order valence-electron chi connectivity index (χ3n) is 4.16. The Hall–Kier alpha value is -0.0800. The van der Waals surface area contributed by atoms with Gasteiger partial charge in [0.15, 0.2) is 0 Å². The Labute approximate surface area is 87.8 Å². The molecule has 2 rings (SSSR count). The molecular formula is C12H24N2. The summed E-state index contributed by atoms with van der Waals surface area (Å²) in [5, 5.41) is 0. The van der Waals surface area contributed by atoms with Gasteiger partial charge in [-0.25, -0.2) is 0 Å². The first-order chi connectivity index (χ1) is 6.63. The highest BCUT2D eigenvalue weighted by atomic mass is 15.2. The molecule has 0 radical (unpaired) electrons. The molecule has 1 atom stereocenters. The summed E-state index contributed by atoms with van der Waals surface area (Å²) in [6, 6.07) is 1.34. The number of nitrogens with zero attached hydrogens (tertiary/aromatic N) is 1. The van der Waals surface area contributed by atoms with Gasteiger partial charge in [0.2, 0.25) is 0 Å². The highest BCUT2D eigenvalue weighted by Gasteiger charge is 2.43. The third kappa shape index (κ3) is 1.70. The molecule has 2 aliphatic rings. The second kappa shape index (κ2) is 3.82. The van der Waals surface area contributed by atoms with E-state index in [-0.39, 0.29) is 5.54 Å². The van der Waals surface area contributed by atoms with Gasteiger partial charge in [-0.3, -0.25) is 4.90 Å². The fraction of sp³-hybridized carbons (Fsp3) is 1.00. The molecule has 2 heteroatoms. The Kier molecular flexibility index (Phi) is 2.85. The van der Waals surface area contributed by atoms with Gasteiger partial charge < -0.3 is 5.73 Å². The molecule has 2 N–H and O–H groups in total. The van der Waals surface area contributed by atoms with Gasteiger partial charge in [-0.1, -0.05) is 12.8 Å². The van der Waals surface area contributed by atoms with Crippen LogP contribution >= 0.6 is 0 Å². The van der Waals surface area contributed by atoms with E-state index in [9.17, 15) is 0 Å². The molecule has 0 spiro atoms. The number of hydrogen-bond donors (Lipinski definition) is 1. The fourth-order valence-corrected chi connectivity index (χ4v) is 3.39. The van der Waals surface area contributed by atoms with Crippen molar-refractivity contribution in [2.24, 2.45) is 5.73 Å². The van der Waals surface area contributed by atoms with Gasteiger partial charge in [0.05, 0.1) is 0 Å². The Balaban J connectivity index is 2.08. The highest BCUT2D eigenvalue weighted by Crippen LogP contribution is 2.37. The van der Waals surface area contributed by atoms with Crippen molar-refractivity contribution < 1.29 is 0 Å². The Morgan fingerprint density at radius 2 is 1.86 bits per heavy atom. The molecule has 0 aromatic heterocycles. The van der Waals surface area contributed by atoms with Crippen molar-refractivity contribution in [2.75, 3.05) is 6.54 Å². The van der Waals surface area contributed by atoms with Crippen LogP contribution in [0.1, 0.15) is 52.4 Å². The summed E-state index contributed by atoms with van der Waals surface area (Å²) in [5.74, 6) is 0. The maximum atomic E-state index is 6.55. The van der Waals surface area contributed by atoms with E-state index in [2.05, 4.69) is 18.7 Å². The minimum atomic E-state index is 0.154. The zero-order chi connectivity index (χ0) is 10.2. The average molecular weight is 196 g/mol. The van der Waals surface area contributed by atoms with Crippen LogP contribution in [0.25, 0.3) is 0 Å². The van der Waals surface area contributed by atoms with Gasteiger partial charge in [0.25, 0.3) is 0 Å². The van der Waals surface area contributed by atoms with Crippen molar-refractivity contribution in [1.29, 1.82) is 0 Å². The van der Waals surface area contributed by atoms with Crippen LogP contribution in [0.3, 0.4) is 0 Å². The molecule has 14 heavy (non-hydrogen) atoms. The second-order valence-corrected chi connectivity index (χ2v) is 5.43. The molecule has 1 saturated carbocycles. The molecule has 2 nitrogen and oxygen atoms in total. The Bertz CT molecular complexity index is 194. The molecule has 82 valence electrons. The second-order valence-electron chi connectivity index (χ2n) is 5.43. The SMILES string of the molecule is CC(C)N1CCCC1C1(N)CCCC1. The van der Waals surface area contributed by atoms with E-state index in [1.165, 1.54) is 45.1 Å². The number of nitrogens with two attached hydrogens (primary N) is 1. The summed E-state index contributed by atoms with van der Waals surface area (Å²) in [7, 11) is 0. The lowest BCUT2D eigenvalue weighted by molar-refractivity contribution is 0.132. The summed E-state index contributed by atoms with van der Waals surface area (Å²) in [6.07, 6.45) is 7.87. The van der Waals surface area contributed by atoms with E-state index in [1.807, 2.05) is 0 Å². The summed E-state index contributed by atoms with van der Waals surface area (Å²) >= 11 is 0. The van der Waals surface area contributed by atoms with Crippen LogP contribution < -0.4 is 5.73 Å². The van der Waals surface area contributed by atoms with Gasteiger partial charge in [-0.05, 0) is 46.1 Å². The maximum Gasteiger partial charge on any atom is 0.0312 e. The van der Waals surface area contributed by atoms with Crippen LogP contribution in [0.4, 0.5) is 0 Å². The molecule has 1 heterocycles. The Morgan fingerprint density at radius 1 is 1.21 bits per heavy atom. The summed E-state index contributed by atoms with van der Waals surface area (Å²) in [6.45, 7) is 5.87. The van der Waals surface area contributed by atoms with Crippen molar-refractivity contribution in [3.05, 3.63) is 0 Å². The van der Waals surface area contributed by atoms with Gasteiger partial charge in [-0.2, -0.15) is 0 Å². The minimum absolute atomic E-state index is 0.154. The van der Waals surface area contributed by atoms with E-state index >= 15 is 0 Å². The minimum Gasteiger partial charge on any atom is -0.324 e. The third-order valence-corrected chi connectivity index (χ3v) is 4.16. The lowest BCUT2D eigenvalue weighted by atomic mass is 9.87. The van der Waals surface area contributed by atoms with E-state index in [0.717, 1.165) is 0 Å². The first-order valence-electron chi connectivity index (χ1n) is 6.18. The smallest absolute Gasteiger partial charge is 0.0312 e. The fourth-order valence-electron chi connectivity index (χ4n) is 3.39. The molecule has 0 aromatic carbocycles. The van der Waals surface area contributed by atoms with Crippen LogP contribution in [-0.2, 0) is 0 Å². The molecule has 1 saturated heterocycles. The standard InChI is InChI=1S/C12H24N2/c1-10(2)14-9-5-6-11(14)12(13)7-3-4-8-12/h10-11H,3-9,13H2,1-2H3. The van der Waals surface area contributed by atoms with Gasteiger partial charge >= 0.3 is 0 Å². The first-order valence-corrected chi connectivity index (χ1v) is 6.18. The largest absolute Gasteiger partial charge is 0.324 e. The van der Waals surface area contributed by atoms with E-state index in [4.69, 9.17) is 5.73 Å². The van der Waals surface area contributed by atoms with Crippen molar-refractivity contribution in [1.82, 2.24) is 4.90 Å². The van der Waals surface area contributed by atoms with E-state index < -0.39 is 0 Å². The monoisotopic (exact) mass is 196 g/mol. The Morgan fingerprint density at radius 3 is 2.43 bits per heavy atom. The van der Waals surface area contributed by atoms with Crippen LogP contribution in [0, 0.1) is 0 Å². The molecule has 1 aliphatic carbocycles. The summed E-state index contributed by atoms with van der Waals surface area (Å²) in [4.78, 5) is 2.63. The average Bonchev–Trinajstić information content (AvgIpc) is 2.71. The molecule has 0 bridgehead atoms. The maximum absolute atomic E-state index is 6.55. The topological polar surface area (TPSA) is 29.3 Å². The normalized spacial score (nSPS) is 33.0. The summed E-state index contributed by atoms with van der Waals surface area (Å²) < 4.78 is 0. The number of hydrogen-bond acceptors (Lipinski definition) is 2. The lowest BCUT2D eigenvalue weighted by Crippen LogP contribution is -2.55. The molecular weight excluding hydrogens is 172 g/mol. The highest BCUT2D eigenvalue weighted by molar-refractivity contribution is 5.03. The molecule has 0 amide bonds. The number of rotatable bonds is 2. The van der Waals surface area contributed by atoms with Crippen LogP contribution in [-0.4, -0.2) is 29.1 Å². The van der Waals surface area contributed by atoms with Crippen molar-refractivity contribution in [2.45, 2.75) is 70.0 Å². The number of likely N-dealkylation sites (tertiary alicyclic amines) is 1. The molecule has 0 aromatic rings. The predicted octanol–water partition coefficient (Wildman–Crippen LogP) is 2.13.